The van der Waals surface area contributed by atoms with Crippen LogP contribution in [0.15, 0.2) is 41.7 Å². The molecule has 5 nitrogen and oxygen atoms in total. The van der Waals surface area contributed by atoms with Crippen molar-refractivity contribution >= 4 is 35.6 Å². The third-order valence-electron chi connectivity index (χ3n) is 4.23. The van der Waals surface area contributed by atoms with E-state index in [0.29, 0.717) is 18.8 Å². The van der Waals surface area contributed by atoms with Crippen molar-refractivity contribution in [1.82, 2.24) is 15.2 Å². The highest BCUT2D eigenvalue weighted by molar-refractivity contribution is 14.0. The first-order valence-electron chi connectivity index (χ1n) is 9.23. The van der Waals surface area contributed by atoms with Crippen LogP contribution in [0.1, 0.15) is 31.9 Å². The lowest BCUT2D eigenvalue weighted by Crippen LogP contribution is -2.36. The van der Waals surface area contributed by atoms with Crippen LogP contribution in [-0.2, 0) is 20.1 Å². The van der Waals surface area contributed by atoms with Gasteiger partial charge in [-0.05, 0) is 50.1 Å². The first-order chi connectivity index (χ1) is 12.6. The molecule has 0 saturated heterocycles. The summed E-state index contributed by atoms with van der Waals surface area (Å²) in [5.74, 6) is 0.545. The van der Waals surface area contributed by atoms with Crippen LogP contribution in [0.5, 0.6) is 0 Å². The SMILES string of the molecule is CCNC(=NCc1ccn(C)c1)NCc1ccc(N(CC)CC)c(F)c1.I. The summed E-state index contributed by atoms with van der Waals surface area (Å²) in [6.45, 7) is 9.58. The number of nitrogens with zero attached hydrogens (tertiary/aromatic N) is 3. The van der Waals surface area contributed by atoms with Gasteiger partial charge in [-0.1, -0.05) is 6.07 Å². The average molecular weight is 487 g/mol. The molecule has 0 atom stereocenters. The number of anilines is 1. The number of guanidine groups is 1. The maximum atomic E-state index is 14.4. The van der Waals surface area contributed by atoms with Gasteiger partial charge in [0.25, 0.3) is 0 Å². The van der Waals surface area contributed by atoms with E-state index >= 15 is 0 Å². The highest BCUT2D eigenvalue weighted by Crippen LogP contribution is 2.20. The predicted molar refractivity (Wildman–Crippen MR) is 122 cm³/mol. The standard InChI is InChI=1S/C20H30FN5.HI/c1-5-22-20(24-14-17-10-11-25(4)15-17)23-13-16-8-9-19(18(21)12-16)26(6-2)7-3;/h8-12,15H,5-7,13-14H2,1-4H3,(H2,22,23,24);1H. The van der Waals surface area contributed by atoms with Gasteiger partial charge in [-0.2, -0.15) is 0 Å². The van der Waals surface area contributed by atoms with Gasteiger partial charge in [-0.3, -0.25) is 0 Å². The summed E-state index contributed by atoms with van der Waals surface area (Å²) in [6.07, 6.45) is 4.06. The fourth-order valence-corrected chi connectivity index (χ4v) is 2.83. The van der Waals surface area contributed by atoms with Crippen molar-refractivity contribution in [2.24, 2.45) is 12.0 Å². The van der Waals surface area contributed by atoms with Crippen molar-refractivity contribution in [3.63, 3.8) is 0 Å². The fraction of sp³-hybridized carbons (Fsp3) is 0.450. The summed E-state index contributed by atoms with van der Waals surface area (Å²) >= 11 is 0. The highest BCUT2D eigenvalue weighted by Gasteiger charge is 2.09. The van der Waals surface area contributed by atoms with Crippen LogP contribution >= 0.6 is 24.0 Å². The minimum absolute atomic E-state index is 0. The number of rotatable bonds is 8. The zero-order valence-corrected chi connectivity index (χ0v) is 19.0. The molecule has 0 radical (unpaired) electrons. The molecule has 1 heterocycles. The Morgan fingerprint density at radius 2 is 1.85 bits per heavy atom. The molecule has 0 saturated carbocycles. The molecule has 7 heteroatoms. The Morgan fingerprint density at radius 3 is 2.41 bits per heavy atom. The van der Waals surface area contributed by atoms with E-state index in [2.05, 4.69) is 15.6 Å². The van der Waals surface area contributed by atoms with E-state index in [9.17, 15) is 4.39 Å². The smallest absolute Gasteiger partial charge is 0.191 e. The first-order valence-corrected chi connectivity index (χ1v) is 9.23. The molecule has 0 spiro atoms. The van der Waals surface area contributed by atoms with E-state index in [4.69, 9.17) is 0 Å². The summed E-state index contributed by atoms with van der Waals surface area (Å²) in [6, 6.07) is 7.47. The van der Waals surface area contributed by atoms with Crippen LogP contribution in [0.25, 0.3) is 0 Å². The van der Waals surface area contributed by atoms with Gasteiger partial charge in [0.05, 0.1) is 12.2 Å². The van der Waals surface area contributed by atoms with Gasteiger partial charge >= 0.3 is 0 Å². The topological polar surface area (TPSA) is 44.6 Å². The molecule has 0 amide bonds. The lowest BCUT2D eigenvalue weighted by Gasteiger charge is -2.22. The summed E-state index contributed by atoms with van der Waals surface area (Å²) in [4.78, 5) is 6.60. The van der Waals surface area contributed by atoms with Crippen molar-refractivity contribution in [1.29, 1.82) is 0 Å². The summed E-state index contributed by atoms with van der Waals surface area (Å²) in [7, 11) is 1.99. The number of aromatic nitrogens is 1. The Balaban J connectivity index is 0.00000364. The van der Waals surface area contributed by atoms with Gasteiger partial charge in [0.2, 0.25) is 0 Å². The van der Waals surface area contributed by atoms with Crippen molar-refractivity contribution in [2.75, 3.05) is 24.5 Å². The van der Waals surface area contributed by atoms with Gasteiger partial charge in [0, 0.05) is 45.6 Å². The van der Waals surface area contributed by atoms with Crippen LogP contribution in [0.2, 0.25) is 0 Å². The Bertz CT molecular complexity index is 725. The third-order valence-corrected chi connectivity index (χ3v) is 4.23. The predicted octanol–water partition coefficient (Wildman–Crippen LogP) is 3.88. The molecule has 27 heavy (non-hydrogen) atoms. The Morgan fingerprint density at radius 1 is 1.11 bits per heavy atom. The van der Waals surface area contributed by atoms with E-state index in [-0.39, 0.29) is 29.8 Å². The van der Waals surface area contributed by atoms with E-state index in [1.165, 1.54) is 0 Å². The molecule has 0 unspecified atom stereocenters. The van der Waals surface area contributed by atoms with Gasteiger partial charge in [0.1, 0.15) is 5.82 Å². The maximum Gasteiger partial charge on any atom is 0.191 e. The molecule has 0 fully saturated rings. The molecule has 1 aromatic heterocycles. The second-order valence-corrected chi connectivity index (χ2v) is 6.19. The number of aliphatic imine (C=N–C) groups is 1. The Hall–Kier alpha value is -1.77. The molecule has 2 aromatic rings. The zero-order valence-electron chi connectivity index (χ0n) is 16.6. The second kappa shape index (κ2) is 11.8. The number of aryl methyl sites for hydroxylation is 1. The van der Waals surface area contributed by atoms with Crippen molar-refractivity contribution in [3.05, 3.63) is 53.6 Å². The number of halogens is 2. The van der Waals surface area contributed by atoms with Crippen LogP contribution in [0.3, 0.4) is 0 Å². The Labute approximate surface area is 179 Å². The van der Waals surface area contributed by atoms with Crippen LogP contribution in [0, 0.1) is 5.82 Å². The molecule has 150 valence electrons. The van der Waals surface area contributed by atoms with E-state index < -0.39 is 0 Å². The first kappa shape index (κ1) is 23.3. The number of hydrogen-bond donors (Lipinski definition) is 2. The summed E-state index contributed by atoms with van der Waals surface area (Å²) < 4.78 is 16.4. The van der Waals surface area contributed by atoms with Crippen molar-refractivity contribution in [2.45, 2.75) is 33.9 Å². The highest BCUT2D eigenvalue weighted by atomic mass is 127. The van der Waals surface area contributed by atoms with Gasteiger partial charge in [-0.25, -0.2) is 9.38 Å². The second-order valence-electron chi connectivity index (χ2n) is 6.19. The third kappa shape index (κ3) is 7.04. The number of hydrogen-bond acceptors (Lipinski definition) is 2. The van der Waals surface area contributed by atoms with Gasteiger partial charge < -0.3 is 20.1 Å². The van der Waals surface area contributed by atoms with E-state index in [0.717, 1.165) is 36.7 Å². The lowest BCUT2D eigenvalue weighted by molar-refractivity contribution is 0.617. The molecule has 0 bridgehead atoms. The average Bonchev–Trinajstić information content (AvgIpc) is 3.05. The zero-order chi connectivity index (χ0) is 18.9. The van der Waals surface area contributed by atoms with E-state index in [1.807, 2.05) is 67.9 Å². The quantitative estimate of drug-likeness (QED) is 0.338. The van der Waals surface area contributed by atoms with Gasteiger partial charge in [0.15, 0.2) is 5.96 Å². The van der Waals surface area contributed by atoms with Gasteiger partial charge in [-0.15, -0.1) is 24.0 Å². The normalized spacial score (nSPS) is 11.1. The monoisotopic (exact) mass is 487 g/mol. The van der Waals surface area contributed by atoms with Crippen LogP contribution in [0.4, 0.5) is 10.1 Å². The van der Waals surface area contributed by atoms with E-state index in [1.54, 1.807) is 6.07 Å². The fourth-order valence-electron chi connectivity index (χ4n) is 2.83. The largest absolute Gasteiger partial charge is 0.370 e. The molecule has 2 N–H and O–H groups in total. The summed E-state index contributed by atoms with van der Waals surface area (Å²) in [5.41, 5.74) is 2.70. The van der Waals surface area contributed by atoms with Crippen LogP contribution in [-0.4, -0.2) is 30.2 Å². The molecular weight excluding hydrogens is 456 g/mol. The Kier molecular flexibility index (Phi) is 10.2. The minimum Gasteiger partial charge on any atom is -0.370 e. The number of benzene rings is 1. The van der Waals surface area contributed by atoms with Crippen molar-refractivity contribution in [3.8, 4) is 0 Å². The molecule has 2 rings (SSSR count). The molecule has 1 aromatic carbocycles. The molecule has 0 aliphatic heterocycles. The summed E-state index contributed by atoms with van der Waals surface area (Å²) in [5, 5.41) is 6.49. The van der Waals surface area contributed by atoms with Crippen LogP contribution < -0.4 is 15.5 Å². The molecule has 0 aliphatic rings. The molecular formula is C20H31FIN5. The molecule has 0 aliphatic carbocycles. The number of nitrogens with one attached hydrogen (secondary N) is 2. The lowest BCUT2D eigenvalue weighted by atomic mass is 10.2. The minimum atomic E-state index is -0.181. The van der Waals surface area contributed by atoms with Crippen molar-refractivity contribution < 1.29 is 4.39 Å². The maximum absolute atomic E-state index is 14.4.